The SMILES string of the molecule is COc1cccc(C(=O)N2CCN(CCBr)CC2)c1. The fraction of sp³-hybridized carbons (Fsp3) is 0.500. The van der Waals surface area contributed by atoms with Gasteiger partial charge in [-0.1, -0.05) is 22.0 Å². The number of piperazine rings is 1. The summed E-state index contributed by atoms with van der Waals surface area (Å²) in [5.74, 6) is 0.821. The molecule has 19 heavy (non-hydrogen) atoms. The number of amides is 1. The number of alkyl halides is 1. The summed E-state index contributed by atoms with van der Waals surface area (Å²) in [5.41, 5.74) is 0.702. The molecule has 0 N–H and O–H groups in total. The van der Waals surface area contributed by atoms with Crippen LogP contribution in [0, 0.1) is 0 Å². The summed E-state index contributed by atoms with van der Waals surface area (Å²) in [5, 5.41) is 0.983. The zero-order valence-corrected chi connectivity index (χ0v) is 12.7. The van der Waals surface area contributed by atoms with E-state index in [1.165, 1.54) is 0 Å². The Morgan fingerprint density at radius 1 is 1.32 bits per heavy atom. The first-order valence-electron chi connectivity index (χ1n) is 6.46. The molecule has 1 aromatic carbocycles. The summed E-state index contributed by atoms with van der Waals surface area (Å²) in [6.07, 6.45) is 0. The van der Waals surface area contributed by atoms with Crippen molar-refractivity contribution in [3.05, 3.63) is 29.8 Å². The van der Waals surface area contributed by atoms with Gasteiger partial charge >= 0.3 is 0 Å². The minimum absolute atomic E-state index is 0.0948. The quantitative estimate of drug-likeness (QED) is 0.792. The molecular formula is C14H19BrN2O2. The fourth-order valence-electron chi connectivity index (χ4n) is 2.23. The molecule has 2 rings (SSSR count). The number of methoxy groups -OCH3 is 1. The van der Waals surface area contributed by atoms with Gasteiger partial charge in [-0.2, -0.15) is 0 Å². The van der Waals surface area contributed by atoms with E-state index in [2.05, 4.69) is 20.8 Å². The Bertz CT molecular complexity index is 431. The van der Waals surface area contributed by atoms with Crippen molar-refractivity contribution < 1.29 is 9.53 Å². The van der Waals surface area contributed by atoms with Gasteiger partial charge < -0.3 is 9.64 Å². The molecule has 1 aliphatic heterocycles. The van der Waals surface area contributed by atoms with Gasteiger partial charge in [-0.3, -0.25) is 9.69 Å². The summed E-state index contributed by atoms with van der Waals surface area (Å²) < 4.78 is 5.16. The van der Waals surface area contributed by atoms with Gasteiger partial charge in [-0.05, 0) is 18.2 Å². The molecule has 0 bridgehead atoms. The standard InChI is InChI=1S/C14H19BrN2O2/c1-19-13-4-2-3-12(11-13)14(18)17-9-7-16(6-5-15)8-10-17/h2-4,11H,5-10H2,1H3. The van der Waals surface area contributed by atoms with Gasteiger partial charge in [0, 0.05) is 43.6 Å². The predicted molar refractivity (Wildman–Crippen MR) is 79.1 cm³/mol. The molecule has 1 aliphatic rings. The van der Waals surface area contributed by atoms with Crippen LogP contribution in [0.4, 0.5) is 0 Å². The summed E-state index contributed by atoms with van der Waals surface area (Å²) >= 11 is 3.45. The van der Waals surface area contributed by atoms with Gasteiger partial charge in [0.2, 0.25) is 0 Å². The fourth-order valence-corrected chi connectivity index (χ4v) is 2.73. The van der Waals surface area contributed by atoms with E-state index in [-0.39, 0.29) is 5.91 Å². The van der Waals surface area contributed by atoms with Gasteiger partial charge in [0.15, 0.2) is 0 Å². The molecule has 0 aliphatic carbocycles. The third kappa shape index (κ3) is 3.70. The molecule has 0 saturated carbocycles. The topological polar surface area (TPSA) is 32.8 Å². The lowest BCUT2D eigenvalue weighted by molar-refractivity contribution is 0.0644. The van der Waals surface area contributed by atoms with E-state index in [1.807, 2.05) is 23.1 Å². The highest BCUT2D eigenvalue weighted by Crippen LogP contribution is 2.15. The molecule has 5 heteroatoms. The van der Waals surface area contributed by atoms with Crippen LogP contribution in [0.1, 0.15) is 10.4 Å². The molecule has 1 aromatic rings. The molecule has 1 heterocycles. The Labute approximate surface area is 122 Å². The highest BCUT2D eigenvalue weighted by Gasteiger charge is 2.21. The Kier molecular flexibility index (Phi) is 5.22. The Hall–Kier alpha value is -1.07. The van der Waals surface area contributed by atoms with Crippen molar-refractivity contribution in [3.8, 4) is 5.75 Å². The van der Waals surface area contributed by atoms with Crippen LogP contribution in [-0.4, -0.2) is 60.9 Å². The average Bonchev–Trinajstić information content (AvgIpc) is 2.48. The Balaban J connectivity index is 1.97. The number of hydrogen-bond acceptors (Lipinski definition) is 3. The number of nitrogens with zero attached hydrogens (tertiary/aromatic N) is 2. The molecule has 1 saturated heterocycles. The lowest BCUT2D eigenvalue weighted by Crippen LogP contribution is -2.49. The summed E-state index contributed by atoms with van der Waals surface area (Å²) in [7, 11) is 1.61. The third-order valence-corrected chi connectivity index (χ3v) is 3.73. The summed E-state index contributed by atoms with van der Waals surface area (Å²) in [6.45, 7) is 4.52. The Morgan fingerprint density at radius 2 is 2.05 bits per heavy atom. The second-order valence-electron chi connectivity index (χ2n) is 4.55. The van der Waals surface area contributed by atoms with Crippen molar-refractivity contribution in [1.29, 1.82) is 0 Å². The van der Waals surface area contributed by atoms with Crippen molar-refractivity contribution in [3.63, 3.8) is 0 Å². The van der Waals surface area contributed by atoms with E-state index in [4.69, 9.17) is 4.74 Å². The second-order valence-corrected chi connectivity index (χ2v) is 5.35. The largest absolute Gasteiger partial charge is 0.497 e. The first-order chi connectivity index (χ1) is 9.24. The maximum Gasteiger partial charge on any atom is 0.254 e. The average molecular weight is 327 g/mol. The van der Waals surface area contributed by atoms with E-state index in [0.717, 1.165) is 43.8 Å². The van der Waals surface area contributed by atoms with Crippen molar-refractivity contribution in [2.24, 2.45) is 0 Å². The minimum Gasteiger partial charge on any atom is -0.497 e. The second kappa shape index (κ2) is 6.91. The van der Waals surface area contributed by atoms with Gasteiger partial charge in [0.05, 0.1) is 7.11 Å². The van der Waals surface area contributed by atoms with Crippen LogP contribution in [0.5, 0.6) is 5.75 Å². The molecule has 1 fully saturated rings. The van der Waals surface area contributed by atoms with Crippen LogP contribution in [-0.2, 0) is 0 Å². The first kappa shape index (κ1) is 14.3. The molecule has 104 valence electrons. The smallest absolute Gasteiger partial charge is 0.254 e. The van der Waals surface area contributed by atoms with E-state index < -0.39 is 0 Å². The van der Waals surface area contributed by atoms with E-state index in [1.54, 1.807) is 13.2 Å². The highest BCUT2D eigenvalue weighted by atomic mass is 79.9. The zero-order valence-electron chi connectivity index (χ0n) is 11.1. The van der Waals surface area contributed by atoms with E-state index in [9.17, 15) is 4.79 Å². The lowest BCUT2D eigenvalue weighted by Gasteiger charge is -2.34. The Morgan fingerprint density at radius 3 is 2.68 bits per heavy atom. The van der Waals surface area contributed by atoms with Gasteiger partial charge in [-0.15, -0.1) is 0 Å². The lowest BCUT2D eigenvalue weighted by atomic mass is 10.1. The van der Waals surface area contributed by atoms with Crippen LogP contribution >= 0.6 is 15.9 Å². The van der Waals surface area contributed by atoms with Crippen molar-refractivity contribution in [1.82, 2.24) is 9.80 Å². The normalized spacial score (nSPS) is 16.4. The number of halogens is 1. The predicted octanol–water partition coefficient (Wildman–Crippen LogP) is 1.85. The molecule has 1 amide bonds. The van der Waals surface area contributed by atoms with Crippen LogP contribution in [0.2, 0.25) is 0 Å². The number of ether oxygens (including phenoxy) is 1. The minimum atomic E-state index is 0.0948. The van der Waals surface area contributed by atoms with Crippen molar-refractivity contribution in [2.45, 2.75) is 0 Å². The molecule has 0 atom stereocenters. The van der Waals surface area contributed by atoms with Crippen LogP contribution < -0.4 is 4.74 Å². The molecular weight excluding hydrogens is 308 g/mol. The molecule has 4 nitrogen and oxygen atoms in total. The molecule has 0 radical (unpaired) electrons. The third-order valence-electron chi connectivity index (χ3n) is 3.38. The van der Waals surface area contributed by atoms with Crippen LogP contribution in [0.3, 0.4) is 0 Å². The van der Waals surface area contributed by atoms with Gasteiger partial charge in [0.1, 0.15) is 5.75 Å². The zero-order chi connectivity index (χ0) is 13.7. The van der Waals surface area contributed by atoms with Gasteiger partial charge in [-0.25, -0.2) is 0 Å². The van der Waals surface area contributed by atoms with E-state index >= 15 is 0 Å². The number of carbonyl (C=O) groups is 1. The number of hydrogen-bond donors (Lipinski definition) is 0. The number of carbonyl (C=O) groups excluding carboxylic acids is 1. The number of benzene rings is 1. The molecule has 0 spiro atoms. The molecule has 0 unspecified atom stereocenters. The van der Waals surface area contributed by atoms with Crippen LogP contribution in [0.25, 0.3) is 0 Å². The van der Waals surface area contributed by atoms with Gasteiger partial charge in [0.25, 0.3) is 5.91 Å². The number of rotatable bonds is 4. The van der Waals surface area contributed by atoms with Crippen molar-refractivity contribution in [2.75, 3.05) is 45.2 Å². The highest BCUT2D eigenvalue weighted by molar-refractivity contribution is 9.09. The maximum absolute atomic E-state index is 12.4. The molecule has 0 aromatic heterocycles. The summed E-state index contributed by atoms with van der Waals surface area (Å²) in [6, 6.07) is 7.35. The monoisotopic (exact) mass is 326 g/mol. The maximum atomic E-state index is 12.4. The van der Waals surface area contributed by atoms with E-state index in [0.29, 0.717) is 5.56 Å². The van der Waals surface area contributed by atoms with Crippen LogP contribution in [0.15, 0.2) is 24.3 Å². The first-order valence-corrected chi connectivity index (χ1v) is 7.58. The summed E-state index contributed by atoms with van der Waals surface area (Å²) in [4.78, 5) is 16.7. The van der Waals surface area contributed by atoms with Crippen molar-refractivity contribution >= 4 is 21.8 Å².